The summed E-state index contributed by atoms with van der Waals surface area (Å²) in [6.07, 6.45) is 7.34. The van der Waals surface area contributed by atoms with Crippen LogP contribution in [0, 0.1) is 44.7 Å². The molecule has 0 aromatic carbocycles. The zero-order chi connectivity index (χ0) is 15.6. The van der Waals surface area contributed by atoms with Crippen molar-refractivity contribution in [2.45, 2.75) is 38.5 Å². The minimum absolute atomic E-state index is 1.10. The van der Waals surface area contributed by atoms with Crippen LogP contribution in [0.4, 0.5) is 0 Å². The van der Waals surface area contributed by atoms with Gasteiger partial charge in [0.1, 0.15) is 0 Å². The van der Waals surface area contributed by atoms with E-state index >= 15 is 0 Å². The maximum atomic E-state index is 3.06. The zero-order valence-corrected chi connectivity index (χ0v) is 16.0. The van der Waals surface area contributed by atoms with E-state index in [1.807, 2.05) is 0 Å². The molecule has 0 aliphatic carbocycles. The summed E-state index contributed by atoms with van der Waals surface area (Å²) in [6.45, 7) is 0. The fourth-order valence-corrected chi connectivity index (χ4v) is 3.80. The average molecular weight is 365 g/mol. The van der Waals surface area contributed by atoms with Crippen molar-refractivity contribution in [3.8, 4) is 44.7 Å². The largest absolute Gasteiger partial charge is 0.0741 e. The van der Waals surface area contributed by atoms with Gasteiger partial charge in [0.2, 0.25) is 0 Å². The second-order valence-electron chi connectivity index (χ2n) is 4.42. The van der Waals surface area contributed by atoms with Crippen LogP contribution in [-0.4, -0.2) is 23.0 Å². The first-order chi connectivity index (χ1) is 11.0. The highest BCUT2D eigenvalue weighted by Crippen LogP contribution is 2.09. The lowest BCUT2D eigenvalue weighted by atomic mass is 10.3. The van der Waals surface area contributed by atoms with Crippen molar-refractivity contribution in [2.24, 2.45) is 0 Å². The lowest BCUT2D eigenvalue weighted by molar-refractivity contribution is 0.787. The Morgan fingerprint density at radius 1 is 0.364 bits per heavy atom. The van der Waals surface area contributed by atoms with Gasteiger partial charge < -0.3 is 0 Å². The zero-order valence-electron chi connectivity index (χ0n) is 12.7. The van der Waals surface area contributed by atoms with Crippen LogP contribution in [0.1, 0.15) is 38.5 Å². The highest BCUT2D eigenvalue weighted by Gasteiger charge is 1.90. The molecule has 0 amide bonds. The molecule has 4 heteroatoms. The van der Waals surface area contributed by atoms with Gasteiger partial charge >= 0.3 is 0 Å². The second kappa shape index (κ2) is 17.0. The molecule has 1 aliphatic heterocycles. The van der Waals surface area contributed by atoms with Crippen molar-refractivity contribution in [3.05, 3.63) is 0 Å². The smallest absolute Gasteiger partial charge is 0.00570 e. The predicted octanol–water partition coefficient (Wildman–Crippen LogP) is 5.12. The van der Waals surface area contributed by atoms with E-state index in [1.165, 1.54) is 38.5 Å². The van der Waals surface area contributed by atoms with Crippen LogP contribution in [0.5, 0.6) is 0 Å². The van der Waals surface area contributed by atoms with Gasteiger partial charge in [-0.3, -0.25) is 0 Å². The Morgan fingerprint density at radius 3 is 0.909 bits per heavy atom. The lowest BCUT2D eigenvalue weighted by Gasteiger charge is -1.95. The van der Waals surface area contributed by atoms with Crippen molar-refractivity contribution >= 4 is 47.0 Å². The molecular weight excluding hydrogens is 344 g/mol. The number of thioether (sulfide) groups is 4. The molecular formula is C18H20S4. The van der Waals surface area contributed by atoms with Gasteiger partial charge in [-0.05, 0) is 70.4 Å². The third-order valence-electron chi connectivity index (χ3n) is 2.60. The highest BCUT2D eigenvalue weighted by molar-refractivity contribution is 8.04. The molecule has 0 bridgehead atoms. The fraction of sp³-hybridized carbons (Fsp3) is 0.556. The normalized spacial score (nSPS) is 18.2. The molecule has 0 atom stereocenters. The standard InChI is InChI=1S/C18H20S4/c1-3-11-19-15-7-9-17-21-13-5-2-6-14-22-18-10-8-16-20-12-4-1/h1-6,11-14H2. The summed E-state index contributed by atoms with van der Waals surface area (Å²) in [5.41, 5.74) is 0. The van der Waals surface area contributed by atoms with Gasteiger partial charge in [0.05, 0.1) is 0 Å². The molecule has 116 valence electrons. The van der Waals surface area contributed by atoms with Crippen LogP contribution in [0.2, 0.25) is 0 Å². The molecule has 0 nitrogen and oxygen atoms in total. The molecule has 0 aromatic rings. The molecule has 22 heavy (non-hydrogen) atoms. The Bertz CT molecular complexity index is 424. The van der Waals surface area contributed by atoms with E-state index in [0.29, 0.717) is 0 Å². The van der Waals surface area contributed by atoms with E-state index in [2.05, 4.69) is 44.7 Å². The summed E-state index contributed by atoms with van der Waals surface area (Å²) in [5.74, 6) is 16.0. The first-order valence-corrected chi connectivity index (χ1v) is 11.4. The summed E-state index contributed by atoms with van der Waals surface area (Å²) in [7, 11) is 0. The Kier molecular flexibility index (Phi) is 15.2. The SMILES string of the molecule is C1#CSCCCCCSC#CC#CSCCCCCSC#C1. The summed E-state index contributed by atoms with van der Waals surface area (Å²) >= 11 is 6.72. The van der Waals surface area contributed by atoms with Crippen LogP contribution in [-0.2, 0) is 0 Å². The first kappa shape index (κ1) is 19.7. The molecule has 0 aromatic heterocycles. The van der Waals surface area contributed by atoms with Crippen molar-refractivity contribution < 1.29 is 0 Å². The monoisotopic (exact) mass is 364 g/mol. The third-order valence-corrected chi connectivity index (χ3v) is 5.56. The van der Waals surface area contributed by atoms with E-state index in [-0.39, 0.29) is 0 Å². The van der Waals surface area contributed by atoms with E-state index in [1.54, 1.807) is 47.0 Å². The molecule has 1 rings (SSSR count). The fourth-order valence-electron chi connectivity index (χ4n) is 1.50. The molecule has 1 heterocycles. The van der Waals surface area contributed by atoms with Crippen molar-refractivity contribution in [2.75, 3.05) is 23.0 Å². The summed E-state index contributed by atoms with van der Waals surface area (Å²) in [5, 5.41) is 12.2. The molecule has 0 spiro atoms. The number of hydrogen-bond acceptors (Lipinski definition) is 4. The molecule has 0 N–H and O–H groups in total. The van der Waals surface area contributed by atoms with E-state index < -0.39 is 0 Å². The number of hydrogen-bond donors (Lipinski definition) is 0. The van der Waals surface area contributed by atoms with Crippen molar-refractivity contribution in [1.82, 2.24) is 0 Å². The Balaban J connectivity index is 2.28. The second-order valence-corrected chi connectivity index (χ2v) is 8.03. The maximum absolute atomic E-state index is 3.06. The first-order valence-electron chi connectivity index (χ1n) is 7.47. The topological polar surface area (TPSA) is 0 Å². The Labute approximate surface area is 152 Å². The van der Waals surface area contributed by atoms with Crippen LogP contribution in [0.3, 0.4) is 0 Å². The van der Waals surface area contributed by atoms with Crippen LogP contribution in [0.15, 0.2) is 0 Å². The molecule has 0 saturated heterocycles. The highest BCUT2D eigenvalue weighted by atomic mass is 32.2. The van der Waals surface area contributed by atoms with Crippen molar-refractivity contribution in [3.63, 3.8) is 0 Å². The van der Waals surface area contributed by atoms with Gasteiger partial charge in [0.15, 0.2) is 0 Å². The predicted molar refractivity (Wildman–Crippen MR) is 109 cm³/mol. The van der Waals surface area contributed by atoms with Gasteiger partial charge in [-0.15, -0.1) is 0 Å². The van der Waals surface area contributed by atoms with Gasteiger partial charge in [0, 0.05) is 23.0 Å². The Morgan fingerprint density at radius 2 is 0.636 bits per heavy atom. The summed E-state index contributed by atoms with van der Waals surface area (Å²) in [4.78, 5) is 0. The van der Waals surface area contributed by atoms with E-state index in [4.69, 9.17) is 0 Å². The molecule has 0 unspecified atom stereocenters. The molecule has 0 radical (unpaired) electrons. The average Bonchev–Trinajstić information content (AvgIpc) is 2.53. The van der Waals surface area contributed by atoms with E-state index in [0.717, 1.165) is 23.0 Å². The van der Waals surface area contributed by atoms with Crippen LogP contribution < -0.4 is 0 Å². The minimum atomic E-state index is 1.10. The van der Waals surface area contributed by atoms with E-state index in [9.17, 15) is 0 Å². The third kappa shape index (κ3) is 14.6. The molecule has 0 fully saturated rings. The lowest BCUT2D eigenvalue weighted by Crippen LogP contribution is -1.82. The van der Waals surface area contributed by atoms with Crippen LogP contribution >= 0.6 is 47.0 Å². The molecule has 1 aliphatic rings. The van der Waals surface area contributed by atoms with Crippen LogP contribution in [0.25, 0.3) is 0 Å². The van der Waals surface area contributed by atoms with Gasteiger partial charge in [-0.25, -0.2) is 0 Å². The maximum Gasteiger partial charge on any atom is 0.00570 e. The Hall–Kier alpha value is -0.360. The van der Waals surface area contributed by atoms with Gasteiger partial charge in [-0.2, -0.15) is 0 Å². The quantitative estimate of drug-likeness (QED) is 0.547. The van der Waals surface area contributed by atoms with Gasteiger partial charge in [0.25, 0.3) is 0 Å². The minimum Gasteiger partial charge on any atom is -0.0741 e. The summed E-state index contributed by atoms with van der Waals surface area (Å²) in [6, 6.07) is 0. The van der Waals surface area contributed by atoms with Crippen molar-refractivity contribution in [1.29, 1.82) is 0 Å². The summed E-state index contributed by atoms with van der Waals surface area (Å²) < 4.78 is 0. The van der Waals surface area contributed by atoms with Gasteiger partial charge in [-0.1, -0.05) is 59.9 Å². The number of rotatable bonds is 0. The molecule has 0 saturated carbocycles.